The molecule has 7 heteroatoms. The molecule has 0 aliphatic carbocycles. The predicted molar refractivity (Wildman–Crippen MR) is 87.2 cm³/mol. The van der Waals surface area contributed by atoms with Gasteiger partial charge < -0.3 is 15.3 Å². The summed E-state index contributed by atoms with van der Waals surface area (Å²) in [6, 6.07) is 5.81. The Morgan fingerprint density at radius 2 is 2.00 bits per heavy atom. The third-order valence-electron chi connectivity index (χ3n) is 4.33. The average Bonchev–Trinajstić information content (AvgIpc) is 2.54. The van der Waals surface area contributed by atoms with Crippen LogP contribution in [0.2, 0.25) is 0 Å². The molecule has 1 saturated heterocycles. The van der Waals surface area contributed by atoms with Crippen LogP contribution < -0.4 is 5.32 Å². The van der Waals surface area contributed by atoms with Gasteiger partial charge in [-0.2, -0.15) is 0 Å². The fourth-order valence-corrected chi connectivity index (χ4v) is 2.81. The summed E-state index contributed by atoms with van der Waals surface area (Å²) in [5.41, 5.74) is 0.567. The van der Waals surface area contributed by atoms with Crippen LogP contribution in [0, 0.1) is 16.0 Å². The van der Waals surface area contributed by atoms with E-state index in [1.807, 2.05) is 6.92 Å². The molecule has 1 aromatic rings. The molecule has 1 aliphatic heterocycles. The van der Waals surface area contributed by atoms with Crippen molar-refractivity contribution in [2.45, 2.75) is 32.3 Å². The van der Waals surface area contributed by atoms with Crippen LogP contribution in [0.4, 0.5) is 11.4 Å². The molecule has 1 aliphatic rings. The number of nitrogens with one attached hydrogen (secondary N) is 1. The van der Waals surface area contributed by atoms with Gasteiger partial charge in [-0.05, 0) is 50.9 Å². The number of anilines is 1. The lowest BCUT2D eigenvalue weighted by molar-refractivity contribution is -0.384. The lowest BCUT2D eigenvalue weighted by Crippen LogP contribution is -2.38. The van der Waals surface area contributed by atoms with Gasteiger partial charge in [0.2, 0.25) is 5.91 Å². The van der Waals surface area contributed by atoms with Crippen LogP contribution in [0.25, 0.3) is 0 Å². The van der Waals surface area contributed by atoms with Gasteiger partial charge in [0.25, 0.3) is 5.69 Å². The second kappa shape index (κ2) is 8.03. The van der Waals surface area contributed by atoms with E-state index in [1.165, 1.54) is 24.3 Å². The number of aliphatic hydroxyl groups excluding tert-OH is 1. The van der Waals surface area contributed by atoms with Gasteiger partial charge in [0.15, 0.2) is 0 Å². The molecule has 1 unspecified atom stereocenters. The van der Waals surface area contributed by atoms with E-state index in [1.54, 1.807) is 0 Å². The van der Waals surface area contributed by atoms with Gasteiger partial charge in [0.1, 0.15) is 0 Å². The van der Waals surface area contributed by atoms with Crippen molar-refractivity contribution < 1.29 is 14.8 Å². The Morgan fingerprint density at radius 3 is 2.52 bits per heavy atom. The number of amides is 1. The molecule has 0 bridgehead atoms. The second-order valence-electron chi connectivity index (χ2n) is 6.02. The molecule has 2 N–H and O–H groups in total. The molecule has 0 saturated carbocycles. The number of nitro groups is 1. The standard InChI is InChI=1S/C16H23N3O4/c1-12(20)13-6-9-18(10-7-13)11-8-16(21)17-14-2-4-15(5-3-14)19(22)23/h2-5,12-13,20H,6-11H2,1H3,(H,17,21). The normalized spacial score (nSPS) is 17.7. The zero-order chi connectivity index (χ0) is 16.8. The SMILES string of the molecule is CC(O)C1CCN(CCC(=O)Nc2ccc([N+](=O)[O-])cc2)CC1. The number of hydrogen-bond donors (Lipinski definition) is 2. The highest BCUT2D eigenvalue weighted by atomic mass is 16.6. The summed E-state index contributed by atoms with van der Waals surface area (Å²) in [5, 5.41) is 22.9. The van der Waals surface area contributed by atoms with Gasteiger partial charge in [-0.25, -0.2) is 0 Å². The number of benzene rings is 1. The van der Waals surface area contributed by atoms with Crippen LogP contribution in [0.5, 0.6) is 0 Å². The summed E-state index contributed by atoms with van der Waals surface area (Å²) in [6.07, 6.45) is 2.04. The monoisotopic (exact) mass is 321 g/mol. The van der Waals surface area contributed by atoms with Crippen molar-refractivity contribution in [2.24, 2.45) is 5.92 Å². The molecule has 1 aromatic carbocycles. The van der Waals surface area contributed by atoms with Crippen molar-refractivity contribution in [3.8, 4) is 0 Å². The molecule has 0 radical (unpaired) electrons. The molecule has 0 spiro atoms. The van der Waals surface area contributed by atoms with Crippen molar-refractivity contribution in [3.63, 3.8) is 0 Å². The number of carbonyl (C=O) groups excluding carboxylic acids is 1. The highest BCUT2D eigenvalue weighted by molar-refractivity contribution is 5.90. The Kier molecular flexibility index (Phi) is 6.06. The van der Waals surface area contributed by atoms with Crippen LogP contribution in [-0.2, 0) is 4.79 Å². The van der Waals surface area contributed by atoms with E-state index in [2.05, 4.69) is 10.2 Å². The Balaban J connectivity index is 1.72. The first-order valence-electron chi connectivity index (χ1n) is 7.90. The first-order chi connectivity index (χ1) is 11.0. The molecule has 2 rings (SSSR count). The molecule has 126 valence electrons. The summed E-state index contributed by atoms with van der Waals surface area (Å²) >= 11 is 0. The van der Waals surface area contributed by atoms with E-state index in [0.717, 1.165) is 25.9 Å². The number of nitrogens with zero attached hydrogens (tertiary/aromatic N) is 2. The summed E-state index contributed by atoms with van der Waals surface area (Å²) in [7, 11) is 0. The van der Waals surface area contributed by atoms with Gasteiger partial charge in [0.05, 0.1) is 11.0 Å². The number of carbonyl (C=O) groups is 1. The molecule has 1 fully saturated rings. The number of nitro benzene ring substituents is 1. The van der Waals surface area contributed by atoms with Crippen molar-refractivity contribution in [1.29, 1.82) is 0 Å². The summed E-state index contributed by atoms with van der Waals surface area (Å²) in [5.74, 6) is 0.261. The van der Waals surface area contributed by atoms with Crippen molar-refractivity contribution in [3.05, 3.63) is 34.4 Å². The minimum atomic E-state index is -0.470. The van der Waals surface area contributed by atoms with Crippen LogP contribution in [0.1, 0.15) is 26.2 Å². The molecule has 1 atom stereocenters. The fourth-order valence-electron chi connectivity index (χ4n) is 2.81. The van der Waals surface area contributed by atoms with Gasteiger partial charge >= 0.3 is 0 Å². The van der Waals surface area contributed by atoms with E-state index in [9.17, 15) is 20.0 Å². The fraction of sp³-hybridized carbons (Fsp3) is 0.562. The first-order valence-corrected chi connectivity index (χ1v) is 7.90. The molecule has 0 aromatic heterocycles. The predicted octanol–water partition coefficient (Wildman–Crippen LogP) is 2.02. The van der Waals surface area contributed by atoms with E-state index >= 15 is 0 Å². The van der Waals surface area contributed by atoms with E-state index in [0.29, 0.717) is 24.6 Å². The number of hydrogen-bond acceptors (Lipinski definition) is 5. The van der Waals surface area contributed by atoms with Gasteiger partial charge in [0, 0.05) is 30.8 Å². The van der Waals surface area contributed by atoms with Crippen molar-refractivity contribution in [1.82, 2.24) is 4.90 Å². The van der Waals surface area contributed by atoms with E-state index in [-0.39, 0.29) is 17.7 Å². The Bertz CT molecular complexity index is 537. The number of likely N-dealkylation sites (tertiary alicyclic amines) is 1. The first kappa shape index (κ1) is 17.4. The number of aliphatic hydroxyl groups is 1. The zero-order valence-corrected chi connectivity index (χ0v) is 13.3. The molecular weight excluding hydrogens is 298 g/mol. The minimum absolute atomic E-state index is 0.00369. The summed E-state index contributed by atoms with van der Waals surface area (Å²) in [4.78, 5) is 24.3. The van der Waals surface area contributed by atoms with Crippen LogP contribution >= 0.6 is 0 Å². The molecular formula is C16H23N3O4. The Labute approximate surface area is 135 Å². The smallest absolute Gasteiger partial charge is 0.269 e. The van der Waals surface area contributed by atoms with Crippen molar-refractivity contribution in [2.75, 3.05) is 25.0 Å². The largest absolute Gasteiger partial charge is 0.393 e. The Hall–Kier alpha value is -1.99. The maximum atomic E-state index is 11.9. The van der Waals surface area contributed by atoms with E-state index < -0.39 is 4.92 Å². The lowest BCUT2D eigenvalue weighted by atomic mass is 9.92. The van der Waals surface area contributed by atoms with Gasteiger partial charge in [-0.3, -0.25) is 14.9 Å². The molecule has 7 nitrogen and oxygen atoms in total. The average molecular weight is 321 g/mol. The third kappa shape index (κ3) is 5.30. The number of piperidine rings is 1. The third-order valence-corrected chi connectivity index (χ3v) is 4.33. The van der Waals surface area contributed by atoms with Gasteiger partial charge in [-0.15, -0.1) is 0 Å². The minimum Gasteiger partial charge on any atom is -0.393 e. The highest BCUT2D eigenvalue weighted by Gasteiger charge is 2.22. The summed E-state index contributed by atoms with van der Waals surface area (Å²) in [6.45, 7) is 4.32. The van der Waals surface area contributed by atoms with Gasteiger partial charge in [-0.1, -0.05) is 0 Å². The highest BCUT2D eigenvalue weighted by Crippen LogP contribution is 2.20. The van der Waals surface area contributed by atoms with E-state index in [4.69, 9.17) is 0 Å². The second-order valence-corrected chi connectivity index (χ2v) is 6.02. The molecule has 1 amide bonds. The quantitative estimate of drug-likeness (QED) is 0.617. The van der Waals surface area contributed by atoms with Crippen LogP contribution in [0.3, 0.4) is 0 Å². The molecule has 23 heavy (non-hydrogen) atoms. The van der Waals surface area contributed by atoms with Crippen LogP contribution in [-0.4, -0.2) is 46.6 Å². The lowest BCUT2D eigenvalue weighted by Gasteiger charge is -2.33. The zero-order valence-electron chi connectivity index (χ0n) is 13.3. The molecule has 1 heterocycles. The number of non-ortho nitro benzene ring substituents is 1. The maximum Gasteiger partial charge on any atom is 0.269 e. The van der Waals surface area contributed by atoms with Crippen LogP contribution in [0.15, 0.2) is 24.3 Å². The van der Waals surface area contributed by atoms with Crippen molar-refractivity contribution >= 4 is 17.3 Å². The summed E-state index contributed by atoms with van der Waals surface area (Å²) < 4.78 is 0. The number of rotatable bonds is 6. The topological polar surface area (TPSA) is 95.7 Å². The maximum absolute atomic E-state index is 11.9. The Morgan fingerprint density at radius 1 is 1.39 bits per heavy atom.